The van der Waals surface area contributed by atoms with E-state index in [4.69, 9.17) is 5.53 Å². The fourth-order valence-corrected chi connectivity index (χ4v) is 1.82. The molecule has 0 aromatic carbocycles. The van der Waals surface area contributed by atoms with Crippen molar-refractivity contribution in [1.29, 1.82) is 5.53 Å². The normalized spacial score (nSPS) is 18.4. The topological polar surface area (TPSA) is 51.8 Å². The van der Waals surface area contributed by atoms with Crippen LogP contribution >= 0.6 is 0 Å². The highest BCUT2D eigenvalue weighted by Gasteiger charge is 2.12. The highest BCUT2D eigenvalue weighted by Crippen LogP contribution is 2.11. The Morgan fingerprint density at radius 3 is 2.62 bits per heavy atom. The molecule has 1 rings (SSSR count). The average Bonchev–Trinajstić information content (AvgIpc) is 2.30. The van der Waals surface area contributed by atoms with Crippen LogP contribution in [0, 0.1) is 5.53 Å². The maximum absolute atomic E-state index is 6.83. The number of piperidine rings is 1. The molecule has 1 fully saturated rings. The smallest absolute Gasteiger partial charge is 0.128 e. The fourth-order valence-electron chi connectivity index (χ4n) is 1.82. The van der Waals surface area contributed by atoms with E-state index in [-0.39, 0.29) is 0 Å². The molecule has 0 amide bonds. The van der Waals surface area contributed by atoms with Crippen molar-refractivity contribution in [2.24, 2.45) is 10.1 Å². The largest absolute Gasteiger partial charge is 0.357 e. The van der Waals surface area contributed by atoms with Gasteiger partial charge < -0.3 is 4.90 Å². The minimum Gasteiger partial charge on any atom is -0.357 e. The summed E-state index contributed by atoms with van der Waals surface area (Å²) in [6.07, 6.45) is 7.34. The number of hydrogen-bond acceptors (Lipinski definition) is 3. The van der Waals surface area contributed by atoms with Gasteiger partial charge in [0, 0.05) is 19.3 Å². The average molecular weight is 220 g/mol. The second-order valence-electron chi connectivity index (χ2n) is 4.02. The summed E-state index contributed by atoms with van der Waals surface area (Å²) in [5.41, 5.74) is 7.89. The van der Waals surface area contributed by atoms with Crippen molar-refractivity contribution in [1.82, 2.24) is 4.90 Å². The maximum atomic E-state index is 6.83. The summed E-state index contributed by atoms with van der Waals surface area (Å²) < 4.78 is 0. The molecule has 4 heteroatoms. The Morgan fingerprint density at radius 1 is 1.38 bits per heavy atom. The van der Waals surface area contributed by atoms with Crippen molar-refractivity contribution in [2.75, 3.05) is 19.6 Å². The van der Waals surface area contributed by atoms with Gasteiger partial charge >= 0.3 is 0 Å². The first-order valence-corrected chi connectivity index (χ1v) is 5.72. The summed E-state index contributed by atoms with van der Waals surface area (Å²) in [5, 5.41) is 3.38. The lowest BCUT2D eigenvalue weighted by molar-refractivity contribution is 0.343. The van der Waals surface area contributed by atoms with Gasteiger partial charge in [-0.1, -0.05) is 6.58 Å². The van der Waals surface area contributed by atoms with E-state index in [0.29, 0.717) is 6.54 Å². The molecule has 1 heterocycles. The molecule has 0 aliphatic carbocycles. The first kappa shape index (κ1) is 12.6. The molecule has 0 saturated carbocycles. The number of amidine groups is 1. The SMILES string of the molecule is C=CN=C(/C=C(\C)CN=N)N1CCCCC1. The van der Waals surface area contributed by atoms with Crippen LogP contribution in [0.5, 0.6) is 0 Å². The van der Waals surface area contributed by atoms with Gasteiger partial charge in [-0.2, -0.15) is 5.11 Å². The van der Waals surface area contributed by atoms with E-state index >= 15 is 0 Å². The molecule has 0 aromatic heterocycles. The van der Waals surface area contributed by atoms with Gasteiger partial charge in [0.15, 0.2) is 0 Å². The van der Waals surface area contributed by atoms with Gasteiger partial charge in [0.1, 0.15) is 5.84 Å². The number of hydrogen-bond donors (Lipinski definition) is 1. The summed E-state index contributed by atoms with van der Waals surface area (Å²) in [6, 6.07) is 0. The quantitative estimate of drug-likeness (QED) is 0.442. The first-order chi connectivity index (χ1) is 7.77. The Hall–Kier alpha value is -1.45. The van der Waals surface area contributed by atoms with Crippen LogP contribution < -0.4 is 0 Å². The number of nitrogens with zero attached hydrogens (tertiary/aromatic N) is 3. The standard InChI is InChI=1S/C12H20N4/c1-3-14-12(9-11(2)10-15-13)16-7-5-4-6-8-16/h3,9,13H,1,4-8,10H2,2H3/b11-9+,14-12?,15-13?. The van der Waals surface area contributed by atoms with Crippen molar-refractivity contribution in [2.45, 2.75) is 26.2 Å². The van der Waals surface area contributed by atoms with E-state index in [0.717, 1.165) is 24.5 Å². The van der Waals surface area contributed by atoms with Crippen molar-refractivity contribution in [3.63, 3.8) is 0 Å². The van der Waals surface area contributed by atoms with Crippen LogP contribution in [0.3, 0.4) is 0 Å². The van der Waals surface area contributed by atoms with Crippen molar-refractivity contribution in [3.05, 3.63) is 24.4 Å². The Bertz CT molecular complexity index is 298. The minimum atomic E-state index is 0.448. The van der Waals surface area contributed by atoms with Gasteiger partial charge in [-0.3, -0.25) is 0 Å². The summed E-state index contributed by atoms with van der Waals surface area (Å²) in [5.74, 6) is 0.954. The van der Waals surface area contributed by atoms with Gasteiger partial charge in [0.25, 0.3) is 0 Å². The monoisotopic (exact) mass is 220 g/mol. The van der Waals surface area contributed by atoms with Crippen molar-refractivity contribution >= 4 is 5.84 Å². The zero-order chi connectivity index (χ0) is 11.8. The summed E-state index contributed by atoms with van der Waals surface area (Å²) >= 11 is 0. The minimum absolute atomic E-state index is 0.448. The van der Waals surface area contributed by atoms with E-state index in [9.17, 15) is 0 Å². The van der Waals surface area contributed by atoms with Crippen LogP contribution in [0.2, 0.25) is 0 Å². The molecular weight excluding hydrogens is 200 g/mol. The summed E-state index contributed by atoms with van der Waals surface area (Å²) in [7, 11) is 0. The predicted octanol–water partition coefficient (Wildman–Crippen LogP) is 2.99. The zero-order valence-corrected chi connectivity index (χ0v) is 9.95. The Balaban J connectivity index is 2.73. The molecule has 1 N–H and O–H groups in total. The third-order valence-electron chi connectivity index (χ3n) is 2.61. The van der Waals surface area contributed by atoms with Crippen LogP contribution in [-0.4, -0.2) is 30.4 Å². The third-order valence-corrected chi connectivity index (χ3v) is 2.61. The fraction of sp³-hybridized carbons (Fsp3) is 0.583. The second-order valence-corrected chi connectivity index (χ2v) is 4.02. The zero-order valence-electron chi connectivity index (χ0n) is 9.95. The Labute approximate surface area is 97.3 Å². The molecule has 88 valence electrons. The molecular formula is C12H20N4. The van der Waals surface area contributed by atoms with Crippen molar-refractivity contribution in [3.8, 4) is 0 Å². The molecule has 1 aliphatic heterocycles. The highest BCUT2D eigenvalue weighted by molar-refractivity contribution is 5.94. The molecule has 0 spiro atoms. The number of nitrogens with one attached hydrogen (secondary N) is 1. The second kappa shape index (κ2) is 6.93. The maximum Gasteiger partial charge on any atom is 0.128 e. The van der Waals surface area contributed by atoms with Crippen LogP contribution in [-0.2, 0) is 0 Å². The van der Waals surface area contributed by atoms with Gasteiger partial charge in [0.2, 0.25) is 0 Å². The Morgan fingerprint density at radius 2 is 2.06 bits per heavy atom. The Kier molecular flexibility index (Phi) is 5.46. The van der Waals surface area contributed by atoms with E-state index in [1.165, 1.54) is 19.3 Å². The predicted molar refractivity (Wildman–Crippen MR) is 66.8 cm³/mol. The van der Waals surface area contributed by atoms with Gasteiger partial charge in [-0.15, -0.1) is 0 Å². The molecule has 4 nitrogen and oxygen atoms in total. The number of likely N-dealkylation sites (tertiary alicyclic amines) is 1. The molecule has 16 heavy (non-hydrogen) atoms. The van der Waals surface area contributed by atoms with E-state index in [2.05, 4.69) is 21.6 Å². The lowest BCUT2D eigenvalue weighted by Crippen LogP contribution is -2.34. The lowest BCUT2D eigenvalue weighted by Gasteiger charge is -2.28. The van der Waals surface area contributed by atoms with Crippen LogP contribution in [0.15, 0.2) is 34.5 Å². The number of rotatable bonds is 4. The van der Waals surface area contributed by atoms with E-state index in [1.807, 2.05) is 13.0 Å². The summed E-state index contributed by atoms with van der Waals surface area (Å²) in [4.78, 5) is 6.57. The van der Waals surface area contributed by atoms with Crippen LogP contribution in [0.4, 0.5) is 0 Å². The highest BCUT2D eigenvalue weighted by atomic mass is 15.2. The van der Waals surface area contributed by atoms with Gasteiger partial charge in [0.05, 0.1) is 6.54 Å². The lowest BCUT2D eigenvalue weighted by atomic mass is 10.1. The van der Waals surface area contributed by atoms with E-state index < -0.39 is 0 Å². The molecule has 0 aromatic rings. The molecule has 0 bridgehead atoms. The first-order valence-electron chi connectivity index (χ1n) is 5.72. The molecule has 1 aliphatic rings. The molecule has 0 atom stereocenters. The van der Waals surface area contributed by atoms with Crippen LogP contribution in [0.25, 0.3) is 0 Å². The van der Waals surface area contributed by atoms with Gasteiger partial charge in [-0.05, 0) is 37.8 Å². The van der Waals surface area contributed by atoms with Gasteiger partial charge in [-0.25, -0.2) is 10.5 Å². The van der Waals surface area contributed by atoms with E-state index in [1.54, 1.807) is 6.20 Å². The summed E-state index contributed by atoms with van der Waals surface area (Å²) in [6.45, 7) is 8.19. The van der Waals surface area contributed by atoms with Crippen LogP contribution in [0.1, 0.15) is 26.2 Å². The molecule has 1 saturated heterocycles. The van der Waals surface area contributed by atoms with Crippen molar-refractivity contribution < 1.29 is 0 Å². The molecule has 0 unspecified atom stereocenters. The molecule has 0 radical (unpaired) electrons. The number of aliphatic imine (C=N–C) groups is 1. The third kappa shape index (κ3) is 3.96.